The first-order valence-electron chi connectivity index (χ1n) is 10.1. The summed E-state index contributed by atoms with van der Waals surface area (Å²) in [5.41, 5.74) is 4.89. The monoisotopic (exact) mass is 392 g/mol. The highest BCUT2D eigenvalue weighted by atomic mass is 16.5. The Morgan fingerprint density at radius 3 is 2.48 bits per heavy atom. The van der Waals surface area contributed by atoms with Gasteiger partial charge < -0.3 is 9.64 Å². The van der Waals surface area contributed by atoms with Gasteiger partial charge in [-0.1, -0.05) is 30.9 Å². The van der Waals surface area contributed by atoms with Gasteiger partial charge in [0, 0.05) is 50.1 Å². The van der Waals surface area contributed by atoms with Crippen LogP contribution in [0.4, 0.5) is 11.4 Å². The molecule has 5 nitrogen and oxygen atoms in total. The third-order valence-corrected chi connectivity index (χ3v) is 4.77. The number of hydrogen-bond acceptors (Lipinski definition) is 5. The molecule has 0 aliphatic heterocycles. The van der Waals surface area contributed by atoms with Crippen molar-refractivity contribution in [3.05, 3.63) is 66.3 Å². The lowest BCUT2D eigenvalue weighted by Gasteiger charge is -2.24. The van der Waals surface area contributed by atoms with Crippen molar-refractivity contribution in [2.24, 2.45) is 10.1 Å². The minimum absolute atomic E-state index is 0.599. The van der Waals surface area contributed by atoms with E-state index in [0.717, 1.165) is 47.1 Å². The lowest BCUT2D eigenvalue weighted by atomic mass is 10.00. The Morgan fingerprint density at radius 1 is 1.14 bits per heavy atom. The lowest BCUT2D eigenvalue weighted by Crippen LogP contribution is -2.22. The number of nitrogens with zero attached hydrogens (tertiary/aromatic N) is 4. The molecule has 0 unspecified atom stereocenters. The van der Waals surface area contributed by atoms with Crippen molar-refractivity contribution in [3.63, 3.8) is 0 Å². The Balaban J connectivity index is 2.35. The average Bonchev–Trinajstić information content (AvgIpc) is 2.75. The van der Waals surface area contributed by atoms with Crippen molar-refractivity contribution in [2.75, 3.05) is 43.7 Å². The minimum atomic E-state index is 0.599. The Hall–Kier alpha value is -3.08. The zero-order chi connectivity index (χ0) is 21.2. The number of ether oxygens (including phenoxy) is 1. The summed E-state index contributed by atoms with van der Waals surface area (Å²) in [6.45, 7) is 12.7. The van der Waals surface area contributed by atoms with E-state index >= 15 is 0 Å². The van der Waals surface area contributed by atoms with Gasteiger partial charge >= 0.3 is 0 Å². The zero-order valence-corrected chi connectivity index (χ0v) is 18.2. The number of hydrogen-bond donors (Lipinski definition) is 0. The van der Waals surface area contributed by atoms with Crippen molar-refractivity contribution in [3.8, 4) is 5.75 Å². The first-order valence-corrected chi connectivity index (χ1v) is 10.1. The molecule has 1 aliphatic carbocycles. The summed E-state index contributed by atoms with van der Waals surface area (Å²) in [5, 5.41) is 6.47. The molecule has 154 valence electrons. The second-order valence-corrected chi connectivity index (χ2v) is 6.43. The molecule has 0 saturated heterocycles. The molecule has 0 atom stereocenters. The van der Waals surface area contributed by atoms with Crippen molar-refractivity contribution in [2.45, 2.75) is 20.8 Å². The Labute approximate surface area is 175 Å². The summed E-state index contributed by atoms with van der Waals surface area (Å²) >= 11 is 0. The van der Waals surface area contributed by atoms with Gasteiger partial charge in [0.05, 0.1) is 18.5 Å². The highest BCUT2D eigenvalue weighted by molar-refractivity contribution is 6.15. The molecule has 0 spiro atoms. The number of allylic oxidation sites excluding steroid dienone is 7. The molecular weight excluding hydrogens is 360 g/mol. The van der Waals surface area contributed by atoms with Crippen molar-refractivity contribution in [1.29, 1.82) is 0 Å². The van der Waals surface area contributed by atoms with E-state index in [0.29, 0.717) is 6.61 Å². The number of aliphatic imine (C=N–C) groups is 1. The van der Waals surface area contributed by atoms with E-state index in [9.17, 15) is 0 Å². The third-order valence-electron chi connectivity index (χ3n) is 4.77. The standard InChI is InChI=1S/C24H32N4O/c1-7-19(21-13-11-12-14-22(21)25-5)18-26-27(6)23-16-15-20(28(8-2)9-3)17-24(23)29-10-4/h7,11-18H,1,8-10H2,2-6H3/b21-19+,25-22?,26-18+. The Kier molecular flexibility index (Phi) is 8.46. The van der Waals surface area contributed by atoms with Gasteiger partial charge in [0.15, 0.2) is 0 Å². The molecule has 29 heavy (non-hydrogen) atoms. The van der Waals surface area contributed by atoms with E-state index in [1.165, 1.54) is 0 Å². The van der Waals surface area contributed by atoms with Crippen molar-refractivity contribution >= 4 is 23.3 Å². The molecule has 0 fully saturated rings. The molecule has 0 aromatic heterocycles. The summed E-state index contributed by atoms with van der Waals surface area (Å²) < 4.78 is 5.91. The molecule has 1 aromatic rings. The molecule has 0 bridgehead atoms. The highest BCUT2D eigenvalue weighted by Gasteiger charge is 2.12. The summed E-state index contributed by atoms with van der Waals surface area (Å²) in [6, 6.07) is 6.25. The van der Waals surface area contributed by atoms with Crippen molar-refractivity contribution in [1.82, 2.24) is 0 Å². The normalized spacial score (nSPS) is 16.4. The van der Waals surface area contributed by atoms with Crippen LogP contribution in [0, 0.1) is 0 Å². The van der Waals surface area contributed by atoms with Crippen LogP contribution >= 0.6 is 0 Å². The highest BCUT2D eigenvalue weighted by Crippen LogP contribution is 2.32. The summed E-state index contributed by atoms with van der Waals surface area (Å²) in [4.78, 5) is 6.63. The van der Waals surface area contributed by atoms with E-state index in [2.05, 4.69) is 53.6 Å². The molecule has 1 aromatic carbocycles. The van der Waals surface area contributed by atoms with Gasteiger partial charge in [-0.15, -0.1) is 0 Å². The van der Waals surface area contributed by atoms with Crippen LogP contribution in [0.5, 0.6) is 5.75 Å². The van der Waals surface area contributed by atoms with E-state index in [4.69, 9.17) is 4.74 Å². The van der Waals surface area contributed by atoms with Gasteiger partial charge in [0.25, 0.3) is 0 Å². The molecule has 2 rings (SSSR count). The van der Waals surface area contributed by atoms with Crippen LogP contribution in [0.3, 0.4) is 0 Å². The van der Waals surface area contributed by atoms with Crippen molar-refractivity contribution < 1.29 is 4.74 Å². The topological polar surface area (TPSA) is 40.4 Å². The first kappa shape index (κ1) is 22.2. The summed E-state index contributed by atoms with van der Waals surface area (Å²) in [6.07, 6.45) is 11.6. The quantitative estimate of drug-likeness (QED) is 0.437. The number of benzene rings is 1. The molecule has 0 radical (unpaired) electrons. The Morgan fingerprint density at radius 2 is 1.86 bits per heavy atom. The molecular formula is C24H32N4O. The van der Waals surface area contributed by atoms with Crippen LogP contribution in [0.2, 0.25) is 0 Å². The van der Waals surface area contributed by atoms with Crippen LogP contribution in [-0.2, 0) is 0 Å². The van der Waals surface area contributed by atoms with Gasteiger partial charge in [-0.2, -0.15) is 5.10 Å². The smallest absolute Gasteiger partial charge is 0.146 e. The molecule has 5 heteroatoms. The van der Waals surface area contributed by atoms with Crippen LogP contribution in [0.1, 0.15) is 20.8 Å². The fraction of sp³-hybridized carbons (Fsp3) is 0.333. The van der Waals surface area contributed by atoms with Gasteiger partial charge in [0.1, 0.15) is 11.4 Å². The molecule has 0 amide bonds. The van der Waals surface area contributed by atoms with Crippen LogP contribution in [-0.4, -0.2) is 45.7 Å². The average molecular weight is 393 g/mol. The summed E-state index contributed by atoms with van der Waals surface area (Å²) in [7, 11) is 3.71. The fourth-order valence-corrected chi connectivity index (χ4v) is 3.18. The number of hydrazone groups is 1. The zero-order valence-electron chi connectivity index (χ0n) is 18.2. The van der Waals surface area contributed by atoms with Gasteiger partial charge in [0.2, 0.25) is 0 Å². The predicted molar refractivity (Wildman–Crippen MR) is 127 cm³/mol. The second-order valence-electron chi connectivity index (χ2n) is 6.43. The SMILES string of the molecule is C=CC(/C=N/N(C)c1ccc(N(CC)CC)cc1OCC)=C1/C=CC=CC1=NC. The number of rotatable bonds is 9. The summed E-state index contributed by atoms with van der Waals surface area (Å²) in [5.74, 6) is 0.820. The van der Waals surface area contributed by atoms with Crippen LogP contribution in [0.15, 0.2) is 76.4 Å². The lowest BCUT2D eigenvalue weighted by molar-refractivity contribution is 0.341. The third kappa shape index (κ3) is 5.47. The van der Waals surface area contributed by atoms with E-state index in [1.54, 1.807) is 13.1 Å². The largest absolute Gasteiger partial charge is 0.492 e. The van der Waals surface area contributed by atoms with E-state index in [1.807, 2.05) is 49.5 Å². The maximum Gasteiger partial charge on any atom is 0.146 e. The molecule has 0 heterocycles. The van der Waals surface area contributed by atoms with Crippen LogP contribution in [0.25, 0.3) is 0 Å². The van der Waals surface area contributed by atoms with Gasteiger partial charge in [-0.05, 0) is 39.0 Å². The fourth-order valence-electron chi connectivity index (χ4n) is 3.18. The number of anilines is 2. The maximum atomic E-state index is 5.91. The van der Waals surface area contributed by atoms with E-state index in [-0.39, 0.29) is 0 Å². The first-order chi connectivity index (χ1) is 14.1. The van der Waals surface area contributed by atoms with E-state index < -0.39 is 0 Å². The second kappa shape index (κ2) is 11.1. The molecule has 0 saturated carbocycles. The van der Waals surface area contributed by atoms with Gasteiger partial charge in [-0.25, -0.2) is 0 Å². The minimum Gasteiger partial charge on any atom is -0.492 e. The van der Waals surface area contributed by atoms with Crippen LogP contribution < -0.4 is 14.6 Å². The molecule has 0 N–H and O–H groups in total. The molecule has 1 aliphatic rings. The predicted octanol–water partition coefficient (Wildman–Crippen LogP) is 5.03. The maximum absolute atomic E-state index is 5.91. The Bertz CT molecular complexity index is 858. The van der Waals surface area contributed by atoms with Gasteiger partial charge in [-0.3, -0.25) is 10.0 Å².